The maximum Gasteiger partial charge on any atom is 0.431 e. The van der Waals surface area contributed by atoms with Crippen LogP contribution in [-0.4, -0.2) is 9.13 Å². The van der Waals surface area contributed by atoms with E-state index in [1.54, 1.807) is 0 Å². The fourth-order valence-electron chi connectivity index (χ4n) is 2.56. The van der Waals surface area contributed by atoms with Gasteiger partial charge >= 0.3 is 11.9 Å². The van der Waals surface area contributed by atoms with E-state index in [1.165, 1.54) is 6.07 Å². The molecule has 0 fully saturated rings. The molecular formula is C15H6Br3ClF4N2O3. The second-order valence-electron chi connectivity index (χ2n) is 5.58. The number of fused-ring (bicyclic) bond motifs is 1. The van der Waals surface area contributed by atoms with Gasteiger partial charge in [0, 0.05) is 18.5 Å². The van der Waals surface area contributed by atoms with Gasteiger partial charge < -0.3 is 4.42 Å². The van der Waals surface area contributed by atoms with Crippen molar-refractivity contribution in [2.75, 3.05) is 0 Å². The van der Waals surface area contributed by atoms with Gasteiger partial charge in [0.05, 0.1) is 5.02 Å². The molecule has 0 atom stereocenters. The van der Waals surface area contributed by atoms with Gasteiger partial charge in [-0.15, -0.1) is 0 Å². The molecule has 0 aliphatic carbocycles. The Balaban J connectivity index is 2.46. The van der Waals surface area contributed by atoms with Crippen LogP contribution in [0.5, 0.6) is 0 Å². The zero-order chi connectivity index (χ0) is 21.2. The molecule has 2 aromatic heterocycles. The average Bonchev–Trinajstić information content (AvgIpc) is 2.98. The van der Waals surface area contributed by atoms with Gasteiger partial charge in [0.1, 0.15) is 17.1 Å². The first-order chi connectivity index (χ1) is 12.7. The molecule has 0 aliphatic rings. The predicted octanol–water partition coefficient (Wildman–Crippen LogP) is 5.39. The number of hydrogen-bond donors (Lipinski definition) is 0. The maximum atomic E-state index is 14.7. The quantitative estimate of drug-likeness (QED) is 0.274. The Labute approximate surface area is 183 Å². The number of halogens is 8. The molecule has 0 saturated carbocycles. The molecule has 0 saturated heterocycles. The summed E-state index contributed by atoms with van der Waals surface area (Å²) in [6, 6.07) is 2.44. The minimum absolute atomic E-state index is 0.0835. The normalized spacial score (nSPS) is 12.8. The number of nitrogens with zero attached hydrogens (tertiary/aromatic N) is 2. The van der Waals surface area contributed by atoms with Crippen LogP contribution in [0.4, 0.5) is 17.6 Å². The predicted molar refractivity (Wildman–Crippen MR) is 105 cm³/mol. The minimum Gasteiger partial charge on any atom is -0.455 e. The van der Waals surface area contributed by atoms with Crippen molar-refractivity contribution in [3.8, 4) is 5.69 Å². The number of hydrogen-bond acceptors (Lipinski definition) is 3. The zero-order valence-electron chi connectivity index (χ0n) is 13.4. The highest BCUT2D eigenvalue weighted by Crippen LogP contribution is 2.47. The molecule has 0 radical (unpaired) electrons. The lowest BCUT2D eigenvalue weighted by molar-refractivity contribution is -0.144. The Bertz CT molecular complexity index is 1220. The number of alkyl halides is 6. The first-order valence-corrected chi connectivity index (χ1v) is 9.88. The summed E-state index contributed by atoms with van der Waals surface area (Å²) in [5.41, 5.74) is -5.19. The molecule has 0 amide bonds. The SMILES string of the molecule is Cn1c(C(F)(F)F)cc(=O)n(-c2c(F)cc(Cl)c3cc(C(Br)(Br)Br)oc23)c1=O. The van der Waals surface area contributed by atoms with Crippen LogP contribution >= 0.6 is 59.4 Å². The van der Waals surface area contributed by atoms with Crippen molar-refractivity contribution >= 4 is 70.4 Å². The fraction of sp³-hybridized carbons (Fsp3) is 0.200. The van der Waals surface area contributed by atoms with Crippen molar-refractivity contribution < 1.29 is 22.0 Å². The summed E-state index contributed by atoms with van der Waals surface area (Å²) < 4.78 is 58.7. The van der Waals surface area contributed by atoms with E-state index in [0.29, 0.717) is 0 Å². The largest absolute Gasteiger partial charge is 0.455 e. The Kier molecular flexibility index (Phi) is 5.39. The molecule has 150 valence electrons. The summed E-state index contributed by atoms with van der Waals surface area (Å²) in [6.07, 6.45) is -4.95. The molecule has 0 bridgehead atoms. The Hall–Kier alpha value is -1.11. The number of rotatable bonds is 1. The van der Waals surface area contributed by atoms with Crippen LogP contribution in [0.3, 0.4) is 0 Å². The molecule has 1 aromatic carbocycles. The molecule has 3 rings (SSSR count). The molecule has 13 heteroatoms. The average molecular weight is 613 g/mol. The topological polar surface area (TPSA) is 57.1 Å². The van der Waals surface area contributed by atoms with Crippen LogP contribution < -0.4 is 11.2 Å². The first-order valence-electron chi connectivity index (χ1n) is 7.13. The zero-order valence-corrected chi connectivity index (χ0v) is 18.9. The van der Waals surface area contributed by atoms with Crippen molar-refractivity contribution in [3.05, 3.63) is 61.3 Å². The van der Waals surface area contributed by atoms with E-state index >= 15 is 0 Å². The van der Waals surface area contributed by atoms with Crippen molar-refractivity contribution in [1.82, 2.24) is 9.13 Å². The summed E-state index contributed by atoms with van der Waals surface area (Å²) in [5, 5.41) is 0.0597. The molecular weight excluding hydrogens is 607 g/mol. The van der Waals surface area contributed by atoms with E-state index in [1.807, 2.05) is 0 Å². The molecule has 5 nitrogen and oxygen atoms in total. The number of benzene rings is 1. The third-order valence-corrected chi connectivity index (χ3v) is 5.28. The highest BCUT2D eigenvalue weighted by molar-refractivity contribution is 9.38. The van der Waals surface area contributed by atoms with Crippen LogP contribution in [0, 0.1) is 5.82 Å². The Morgan fingerprint density at radius 2 is 1.71 bits per heavy atom. The summed E-state index contributed by atoms with van der Waals surface area (Å²) >= 11 is 15.6. The molecule has 0 spiro atoms. The van der Waals surface area contributed by atoms with Crippen LogP contribution in [0.25, 0.3) is 16.7 Å². The van der Waals surface area contributed by atoms with E-state index in [4.69, 9.17) is 16.0 Å². The second-order valence-corrected chi connectivity index (χ2v) is 12.8. The van der Waals surface area contributed by atoms with Gasteiger partial charge in [-0.3, -0.25) is 9.36 Å². The van der Waals surface area contributed by atoms with Crippen molar-refractivity contribution in [2.45, 2.75) is 8.32 Å². The monoisotopic (exact) mass is 610 g/mol. The summed E-state index contributed by atoms with van der Waals surface area (Å²) in [5.74, 6) is -0.977. The first kappa shape index (κ1) is 21.6. The molecule has 2 heterocycles. The number of aromatic nitrogens is 2. The van der Waals surface area contributed by atoms with E-state index in [9.17, 15) is 27.2 Å². The molecule has 0 aliphatic heterocycles. The van der Waals surface area contributed by atoms with Gasteiger partial charge in [-0.05, 0) is 12.1 Å². The lowest BCUT2D eigenvalue weighted by Crippen LogP contribution is -2.41. The lowest BCUT2D eigenvalue weighted by atomic mass is 10.2. The minimum atomic E-state index is -4.95. The van der Waals surface area contributed by atoms with Crippen LogP contribution in [0.2, 0.25) is 5.02 Å². The maximum absolute atomic E-state index is 14.7. The number of furan rings is 1. The highest BCUT2D eigenvalue weighted by atomic mass is 80.0. The highest BCUT2D eigenvalue weighted by Gasteiger charge is 2.36. The van der Waals surface area contributed by atoms with Crippen LogP contribution in [0.1, 0.15) is 11.5 Å². The molecule has 3 aromatic rings. The molecule has 0 N–H and O–H groups in total. The van der Waals surface area contributed by atoms with Crippen molar-refractivity contribution in [1.29, 1.82) is 0 Å². The Morgan fingerprint density at radius 3 is 2.25 bits per heavy atom. The summed E-state index contributed by atoms with van der Waals surface area (Å²) in [7, 11) is 0.820. The van der Waals surface area contributed by atoms with Crippen molar-refractivity contribution in [3.63, 3.8) is 0 Å². The molecule has 28 heavy (non-hydrogen) atoms. The summed E-state index contributed by atoms with van der Waals surface area (Å²) in [6.45, 7) is 0. The van der Waals surface area contributed by atoms with Gasteiger partial charge in [0.15, 0.2) is 13.5 Å². The van der Waals surface area contributed by atoms with E-state index in [0.717, 1.165) is 13.1 Å². The fourth-order valence-corrected chi connectivity index (χ4v) is 3.38. The van der Waals surface area contributed by atoms with Gasteiger partial charge in [-0.25, -0.2) is 13.8 Å². The standard InChI is InChI=1S/C15H6Br3ClF4N2O3/c1-24-8(15(21,22)23)4-10(26)25(13(24)27)11-7(20)3-6(19)5-2-9(14(16,17)18)28-12(5)11/h2-4H,1H3. The van der Waals surface area contributed by atoms with Crippen molar-refractivity contribution in [2.24, 2.45) is 7.05 Å². The second kappa shape index (κ2) is 6.99. The van der Waals surface area contributed by atoms with Gasteiger partial charge in [0.25, 0.3) is 5.56 Å². The van der Waals surface area contributed by atoms with Gasteiger partial charge in [-0.1, -0.05) is 59.4 Å². The van der Waals surface area contributed by atoms with Crippen LogP contribution in [-0.2, 0) is 15.4 Å². The van der Waals surface area contributed by atoms with Crippen LogP contribution in [0.15, 0.2) is 32.2 Å². The van der Waals surface area contributed by atoms with E-state index in [2.05, 4.69) is 47.8 Å². The third kappa shape index (κ3) is 3.59. The lowest BCUT2D eigenvalue weighted by Gasteiger charge is -2.14. The summed E-state index contributed by atoms with van der Waals surface area (Å²) in [4.78, 5) is 24.8. The van der Waals surface area contributed by atoms with E-state index < -0.39 is 36.8 Å². The third-order valence-electron chi connectivity index (χ3n) is 3.80. The van der Waals surface area contributed by atoms with Gasteiger partial charge in [-0.2, -0.15) is 13.2 Å². The van der Waals surface area contributed by atoms with Gasteiger partial charge in [0.2, 0.25) is 0 Å². The molecule has 0 unspecified atom stereocenters. The Morgan fingerprint density at radius 1 is 1.11 bits per heavy atom. The van der Waals surface area contributed by atoms with E-state index in [-0.39, 0.29) is 37.0 Å². The smallest absolute Gasteiger partial charge is 0.431 e.